The second kappa shape index (κ2) is 10.0. The number of thiophene rings is 1. The second-order valence-corrected chi connectivity index (χ2v) is 7.78. The Bertz CT molecular complexity index is 973. The molecule has 0 saturated heterocycles. The molecule has 0 aliphatic rings. The molecule has 0 spiro atoms. The summed E-state index contributed by atoms with van der Waals surface area (Å²) in [6, 6.07) is 16.2. The maximum atomic E-state index is 13.4. The van der Waals surface area contributed by atoms with Gasteiger partial charge in [0, 0.05) is 11.8 Å². The van der Waals surface area contributed by atoms with Crippen molar-refractivity contribution in [1.29, 1.82) is 0 Å². The lowest BCUT2D eigenvalue weighted by Crippen LogP contribution is -2.34. The molecule has 2 unspecified atom stereocenters. The molecule has 0 radical (unpaired) electrons. The molecule has 5 nitrogen and oxygen atoms in total. The van der Waals surface area contributed by atoms with E-state index in [9.17, 15) is 14.0 Å². The van der Waals surface area contributed by atoms with Crippen molar-refractivity contribution >= 4 is 23.2 Å². The Balaban J connectivity index is 1.79. The molecule has 0 aliphatic carbocycles. The van der Waals surface area contributed by atoms with Crippen LogP contribution in [-0.2, 0) is 9.59 Å². The number of amides is 2. The monoisotopic (exact) mass is 426 g/mol. The van der Waals surface area contributed by atoms with E-state index in [0.717, 1.165) is 16.0 Å². The first-order valence-corrected chi connectivity index (χ1v) is 10.3. The first-order valence-electron chi connectivity index (χ1n) is 9.45. The number of halogens is 1. The van der Waals surface area contributed by atoms with Crippen LogP contribution in [0.1, 0.15) is 41.4 Å². The van der Waals surface area contributed by atoms with Gasteiger partial charge >= 0.3 is 0 Å². The number of nitrogens with one attached hydrogen (secondary N) is 2. The molecule has 1 aromatic heterocycles. The molecule has 2 N–H and O–H groups in total. The van der Waals surface area contributed by atoms with Gasteiger partial charge in [-0.2, -0.15) is 0 Å². The minimum absolute atomic E-state index is 0.0645. The van der Waals surface area contributed by atoms with Crippen molar-refractivity contribution in [1.82, 2.24) is 10.6 Å². The summed E-state index contributed by atoms with van der Waals surface area (Å²) in [7, 11) is 1.58. The third-order valence-corrected chi connectivity index (χ3v) is 5.56. The largest absolute Gasteiger partial charge is 0.497 e. The van der Waals surface area contributed by atoms with Gasteiger partial charge in [0.05, 0.1) is 25.6 Å². The zero-order valence-corrected chi connectivity index (χ0v) is 17.5. The van der Waals surface area contributed by atoms with E-state index in [-0.39, 0.29) is 24.1 Å². The number of benzene rings is 2. The lowest BCUT2D eigenvalue weighted by atomic mass is 10.0. The van der Waals surface area contributed by atoms with Gasteiger partial charge in [0.1, 0.15) is 11.6 Å². The van der Waals surface area contributed by atoms with E-state index >= 15 is 0 Å². The molecule has 3 rings (SSSR count). The number of ether oxygens (including phenoxy) is 1. The number of rotatable bonds is 8. The highest BCUT2D eigenvalue weighted by Crippen LogP contribution is 2.27. The predicted octanol–water partition coefficient (Wildman–Crippen LogP) is 4.37. The topological polar surface area (TPSA) is 67.4 Å². The molecule has 156 valence electrons. The zero-order valence-electron chi connectivity index (χ0n) is 16.7. The SMILES string of the molecule is COc1ccc(C(CC(=O)NC(c2ccc(F)cc2)c2cccs2)NC(C)=O)cc1. The summed E-state index contributed by atoms with van der Waals surface area (Å²) in [5.74, 6) is -0.0941. The van der Waals surface area contributed by atoms with Crippen molar-refractivity contribution < 1.29 is 18.7 Å². The van der Waals surface area contributed by atoms with Crippen LogP contribution in [0.2, 0.25) is 0 Å². The van der Waals surface area contributed by atoms with Crippen LogP contribution in [0.3, 0.4) is 0 Å². The number of methoxy groups -OCH3 is 1. The Morgan fingerprint density at radius 1 is 1.00 bits per heavy atom. The smallest absolute Gasteiger partial charge is 0.223 e. The average molecular weight is 427 g/mol. The van der Waals surface area contributed by atoms with Crippen LogP contribution in [-0.4, -0.2) is 18.9 Å². The van der Waals surface area contributed by atoms with Gasteiger partial charge in [0.25, 0.3) is 0 Å². The van der Waals surface area contributed by atoms with Gasteiger partial charge in [0.15, 0.2) is 0 Å². The number of hydrogen-bond acceptors (Lipinski definition) is 4. The van der Waals surface area contributed by atoms with Crippen molar-refractivity contribution in [3.05, 3.63) is 87.9 Å². The summed E-state index contributed by atoms with van der Waals surface area (Å²) in [5.41, 5.74) is 1.59. The summed E-state index contributed by atoms with van der Waals surface area (Å²) in [5, 5.41) is 7.78. The summed E-state index contributed by atoms with van der Waals surface area (Å²) in [4.78, 5) is 25.6. The van der Waals surface area contributed by atoms with Crippen LogP contribution in [0.25, 0.3) is 0 Å². The molecule has 0 saturated carbocycles. The highest BCUT2D eigenvalue weighted by Gasteiger charge is 2.22. The lowest BCUT2D eigenvalue weighted by molar-refractivity contribution is -0.123. The zero-order chi connectivity index (χ0) is 21.5. The second-order valence-electron chi connectivity index (χ2n) is 6.80. The van der Waals surface area contributed by atoms with Crippen LogP contribution in [0.15, 0.2) is 66.0 Å². The molecule has 0 bridgehead atoms. The van der Waals surface area contributed by atoms with Gasteiger partial charge in [-0.15, -0.1) is 11.3 Å². The van der Waals surface area contributed by atoms with Gasteiger partial charge in [-0.05, 0) is 46.8 Å². The fourth-order valence-corrected chi connectivity index (χ4v) is 3.97. The van der Waals surface area contributed by atoms with Crippen LogP contribution >= 0.6 is 11.3 Å². The third kappa shape index (κ3) is 5.67. The van der Waals surface area contributed by atoms with Crippen molar-refractivity contribution in [2.24, 2.45) is 0 Å². The lowest BCUT2D eigenvalue weighted by Gasteiger charge is -2.22. The van der Waals surface area contributed by atoms with Gasteiger partial charge in [-0.3, -0.25) is 9.59 Å². The van der Waals surface area contributed by atoms with E-state index in [1.807, 2.05) is 29.6 Å². The molecule has 3 aromatic rings. The molecule has 2 aromatic carbocycles. The van der Waals surface area contributed by atoms with E-state index in [1.54, 1.807) is 31.4 Å². The Morgan fingerprint density at radius 2 is 1.67 bits per heavy atom. The molecular formula is C23H23FN2O3S. The highest BCUT2D eigenvalue weighted by molar-refractivity contribution is 7.10. The summed E-state index contributed by atoms with van der Waals surface area (Å²) in [6.07, 6.45) is 0.0645. The Kier molecular flexibility index (Phi) is 7.19. The average Bonchev–Trinajstić information content (AvgIpc) is 3.27. The van der Waals surface area contributed by atoms with Gasteiger partial charge < -0.3 is 15.4 Å². The van der Waals surface area contributed by atoms with Crippen molar-refractivity contribution in [2.75, 3.05) is 7.11 Å². The Hall–Kier alpha value is -3.19. The molecular weight excluding hydrogens is 403 g/mol. The maximum absolute atomic E-state index is 13.4. The number of carbonyl (C=O) groups is 2. The standard InChI is InChI=1S/C23H23FN2O3S/c1-15(27)25-20(16-7-11-19(29-2)12-8-16)14-22(28)26-23(21-4-3-13-30-21)17-5-9-18(24)10-6-17/h3-13,20,23H,14H2,1-2H3,(H,25,27)(H,26,28). The van der Waals surface area contributed by atoms with Gasteiger partial charge in [-0.1, -0.05) is 30.3 Å². The highest BCUT2D eigenvalue weighted by atomic mass is 32.1. The van der Waals surface area contributed by atoms with Crippen molar-refractivity contribution in [3.63, 3.8) is 0 Å². The van der Waals surface area contributed by atoms with Crippen LogP contribution < -0.4 is 15.4 Å². The molecule has 0 fully saturated rings. The van der Waals surface area contributed by atoms with Gasteiger partial charge in [-0.25, -0.2) is 4.39 Å². The van der Waals surface area contributed by atoms with E-state index in [2.05, 4.69) is 10.6 Å². The Labute approximate surface area is 178 Å². The van der Waals surface area contributed by atoms with Crippen molar-refractivity contribution in [2.45, 2.75) is 25.4 Å². The summed E-state index contributed by atoms with van der Waals surface area (Å²) < 4.78 is 18.5. The quantitative estimate of drug-likeness (QED) is 0.562. The minimum Gasteiger partial charge on any atom is -0.497 e. The molecule has 2 atom stereocenters. The summed E-state index contributed by atoms with van der Waals surface area (Å²) in [6.45, 7) is 1.42. The number of carbonyl (C=O) groups excluding carboxylic acids is 2. The maximum Gasteiger partial charge on any atom is 0.223 e. The molecule has 0 aliphatic heterocycles. The van der Waals surface area contributed by atoms with E-state index in [1.165, 1.54) is 30.4 Å². The molecule has 1 heterocycles. The van der Waals surface area contributed by atoms with Crippen LogP contribution in [0, 0.1) is 5.82 Å². The molecule has 30 heavy (non-hydrogen) atoms. The predicted molar refractivity (Wildman–Crippen MR) is 115 cm³/mol. The number of hydrogen-bond donors (Lipinski definition) is 2. The van der Waals surface area contributed by atoms with E-state index in [4.69, 9.17) is 4.74 Å². The normalized spacial score (nSPS) is 12.6. The minimum atomic E-state index is -0.481. The molecule has 7 heteroatoms. The fraction of sp³-hybridized carbons (Fsp3) is 0.217. The third-order valence-electron chi connectivity index (χ3n) is 4.62. The fourth-order valence-electron chi connectivity index (χ4n) is 3.17. The summed E-state index contributed by atoms with van der Waals surface area (Å²) >= 11 is 1.51. The first-order chi connectivity index (χ1) is 14.5. The van der Waals surface area contributed by atoms with Crippen LogP contribution in [0.4, 0.5) is 4.39 Å². The molecule has 2 amide bonds. The van der Waals surface area contributed by atoms with E-state index < -0.39 is 12.1 Å². The Morgan fingerprint density at radius 3 is 2.23 bits per heavy atom. The van der Waals surface area contributed by atoms with Gasteiger partial charge in [0.2, 0.25) is 11.8 Å². The van der Waals surface area contributed by atoms with Crippen LogP contribution in [0.5, 0.6) is 5.75 Å². The van der Waals surface area contributed by atoms with E-state index in [0.29, 0.717) is 5.75 Å². The first kappa shape index (κ1) is 21.5. The van der Waals surface area contributed by atoms with Crippen molar-refractivity contribution in [3.8, 4) is 5.75 Å².